The van der Waals surface area contributed by atoms with Gasteiger partial charge in [0.15, 0.2) is 0 Å². The molecule has 5 heteroatoms. The highest BCUT2D eigenvalue weighted by atomic mass is 32.1. The normalized spacial score (nSPS) is 17.4. The molecule has 2 aromatic heterocycles. The van der Waals surface area contributed by atoms with Gasteiger partial charge in [-0.15, -0.1) is 11.3 Å². The van der Waals surface area contributed by atoms with Crippen LogP contribution in [0.1, 0.15) is 25.3 Å². The molecule has 114 valence electrons. The highest BCUT2D eigenvalue weighted by Crippen LogP contribution is 2.25. The number of rotatable bonds is 7. The largest absolute Gasteiger partial charge is 0.312 e. The van der Waals surface area contributed by atoms with Crippen molar-refractivity contribution < 1.29 is 0 Å². The molecule has 1 saturated heterocycles. The Bertz CT molecular complexity index is 528. The summed E-state index contributed by atoms with van der Waals surface area (Å²) in [6.45, 7) is 8.07. The van der Waals surface area contributed by atoms with Crippen molar-refractivity contribution in [2.45, 2.75) is 26.3 Å². The number of thiophene rings is 1. The van der Waals surface area contributed by atoms with E-state index in [2.05, 4.69) is 44.9 Å². The predicted molar refractivity (Wildman–Crippen MR) is 88.4 cm³/mol. The minimum atomic E-state index is 0.695. The first kappa shape index (κ1) is 14.8. The molecule has 1 atom stereocenters. The molecule has 2 aromatic rings. The third kappa shape index (κ3) is 3.93. The molecule has 4 nitrogen and oxygen atoms in total. The molecule has 21 heavy (non-hydrogen) atoms. The summed E-state index contributed by atoms with van der Waals surface area (Å²) in [6, 6.07) is 4.22. The molecular weight excluding hydrogens is 280 g/mol. The van der Waals surface area contributed by atoms with Crippen molar-refractivity contribution in [3.8, 4) is 10.6 Å². The Hall–Kier alpha value is -1.17. The first-order valence-corrected chi connectivity index (χ1v) is 8.70. The van der Waals surface area contributed by atoms with Crippen molar-refractivity contribution in [3.05, 3.63) is 29.3 Å². The zero-order valence-corrected chi connectivity index (χ0v) is 13.5. The van der Waals surface area contributed by atoms with Crippen LogP contribution in [0.4, 0.5) is 0 Å². The van der Waals surface area contributed by atoms with E-state index in [1.165, 1.54) is 42.9 Å². The number of hydrogen-bond acceptors (Lipinski definition) is 4. The maximum atomic E-state index is 4.19. The minimum absolute atomic E-state index is 0.695. The van der Waals surface area contributed by atoms with E-state index < -0.39 is 0 Å². The van der Waals surface area contributed by atoms with Gasteiger partial charge in [0.25, 0.3) is 0 Å². The summed E-state index contributed by atoms with van der Waals surface area (Å²) in [5.41, 5.74) is 2.41. The summed E-state index contributed by atoms with van der Waals surface area (Å²) in [7, 11) is 0. The lowest BCUT2D eigenvalue weighted by Gasteiger charge is -2.20. The summed E-state index contributed by atoms with van der Waals surface area (Å²) in [5.74, 6) is 0.695. The fourth-order valence-corrected chi connectivity index (χ4v) is 3.76. The van der Waals surface area contributed by atoms with Crippen LogP contribution in [-0.2, 0) is 6.54 Å². The molecule has 0 aliphatic carbocycles. The molecule has 1 aliphatic rings. The molecular formula is C16H24N4S. The van der Waals surface area contributed by atoms with Crippen molar-refractivity contribution in [3.63, 3.8) is 0 Å². The third-order valence-electron chi connectivity index (χ3n) is 4.06. The lowest BCUT2D eigenvalue weighted by molar-refractivity contribution is 0.282. The third-order valence-corrected chi connectivity index (χ3v) is 4.95. The van der Waals surface area contributed by atoms with Gasteiger partial charge < -0.3 is 10.2 Å². The number of aromatic amines is 1. The Morgan fingerprint density at radius 2 is 2.29 bits per heavy atom. The van der Waals surface area contributed by atoms with Gasteiger partial charge in [0.05, 0.1) is 16.8 Å². The Labute approximate surface area is 130 Å². The van der Waals surface area contributed by atoms with Gasteiger partial charge in [-0.3, -0.25) is 5.10 Å². The zero-order chi connectivity index (χ0) is 14.5. The van der Waals surface area contributed by atoms with E-state index in [1.54, 1.807) is 11.3 Å². The molecule has 0 radical (unpaired) electrons. The van der Waals surface area contributed by atoms with E-state index in [0.29, 0.717) is 5.92 Å². The molecule has 1 aliphatic heterocycles. The second-order valence-corrected chi connectivity index (χ2v) is 6.94. The summed E-state index contributed by atoms with van der Waals surface area (Å²) >= 11 is 1.75. The molecule has 0 aromatic carbocycles. The van der Waals surface area contributed by atoms with Crippen LogP contribution >= 0.6 is 11.3 Å². The van der Waals surface area contributed by atoms with Crippen LogP contribution in [0, 0.1) is 5.92 Å². The van der Waals surface area contributed by atoms with Gasteiger partial charge in [0.1, 0.15) is 0 Å². The van der Waals surface area contributed by atoms with Crippen LogP contribution in [0.3, 0.4) is 0 Å². The minimum Gasteiger partial charge on any atom is -0.312 e. The molecule has 1 fully saturated rings. The second-order valence-electron chi connectivity index (χ2n) is 5.99. The van der Waals surface area contributed by atoms with Gasteiger partial charge in [-0.1, -0.05) is 13.0 Å². The number of nitrogens with one attached hydrogen (secondary N) is 2. The smallest absolute Gasteiger partial charge is 0.0794 e. The van der Waals surface area contributed by atoms with Crippen LogP contribution in [0.5, 0.6) is 0 Å². The Balaban J connectivity index is 1.46. The molecule has 3 rings (SSSR count). The van der Waals surface area contributed by atoms with Crippen LogP contribution in [0.15, 0.2) is 23.7 Å². The van der Waals surface area contributed by atoms with E-state index in [9.17, 15) is 0 Å². The van der Waals surface area contributed by atoms with Crippen molar-refractivity contribution in [1.82, 2.24) is 20.4 Å². The summed E-state index contributed by atoms with van der Waals surface area (Å²) in [5, 5.41) is 13.0. The van der Waals surface area contributed by atoms with Crippen molar-refractivity contribution in [1.29, 1.82) is 0 Å². The van der Waals surface area contributed by atoms with Gasteiger partial charge in [-0.2, -0.15) is 5.10 Å². The Morgan fingerprint density at radius 3 is 3.05 bits per heavy atom. The highest BCUT2D eigenvalue weighted by Gasteiger charge is 2.14. The predicted octanol–water partition coefficient (Wildman–Crippen LogP) is 2.96. The van der Waals surface area contributed by atoms with Crippen LogP contribution in [0.2, 0.25) is 0 Å². The van der Waals surface area contributed by atoms with Gasteiger partial charge in [-0.05, 0) is 49.8 Å². The monoisotopic (exact) mass is 304 g/mol. The molecule has 2 N–H and O–H groups in total. The van der Waals surface area contributed by atoms with Crippen molar-refractivity contribution in [2.75, 3.05) is 26.2 Å². The maximum absolute atomic E-state index is 4.19. The second kappa shape index (κ2) is 7.20. The quantitative estimate of drug-likeness (QED) is 0.826. The van der Waals surface area contributed by atoms with Gasteiger partial charge >= 0.3 is 0 Å². The average molecular weight is 304 g/mol. The van der Waals surface area contributed by atoms with Crippen LogP contribution < -0.4 is 5.32 Å². The summed E-state index contributed by atoms with van der Waals surface area (Å²) < 4.78 is 0. The molecule has 0 spiro atoms. The molecule has 3 heterocycles. The number of nitrogens with zero attached hydrogens (tertiary/aromatic N) is 2. The molecule has 0 bridgehead atoms. The van der Waals surface area contributed by atoms with E-state index >= 15 is 0 Å². The number of aromatic nitrogens is 2. The lowest BCUT2D eigenvalue weighted by atomic mass is 10.1. The number of H-pyrrole nitrogens is 1. The topological polar surface area (TPSA) is 44.0 Å². The molecule has 0 unspecified atom stereocenters. The van der Waals surface area contributed by atoms with E-state index in [1.807, 2.05) is 6.20 Å². The van der Waals surface area contributed by atoms with Crippen LogP contribution in [-0.4, -0.2) is 41.3 Å². The zero-order valence-electron chi connectivity index (χ0n) is 12.6. The van der Waals surface area contributed by atoms with Gasteiger partial charge in [0, 0.05) is 18.7 Å². The number of hydrogen-bond donors (Lipinski definition) is 2. The van der Waals surface area contributed by atoms with Gasteiger partial charge in [-0.25, -0.2) is 0 Å². The first-order chi connectivity index (χ1) is 10.3. The summed E-state index contributed by atoms with van der Waals surface area (Å²) in [6.07, 6.45) is 4.69. The summed E-state index contributed by atoms with van der Waals surface area (Å²) in [4.78, 5) is 3.84. The lowest BCUT2D eigenvalue weighted by Crippen LogP contribution is -2.31. The molecule has 0 amide bonds. The maximum Gasteiger partial charge on any atom is 0.0794 e. The standard InChI is InChI=1S/C16H24N4S/c1-13(12-20-6-2-3-7-20)9-17-10-14-11-18-19-16(14)15-5-4-8-21-15/h4-5,8,11,13,17H,2-3,6-7,9-10,12H2,1H3,(H,18,19)/t13-/m0/s1. The number of likely N-dealkylation sites (tertiary alicyclic amines) is 1. The van der Waals surface area contributed by atoms with Crippen molar-refractivity contribution >= 4 is 11.3 Å². The van der Waals surface area contributed by atoms with Crippen molar-refractivity contribution in [2.24, 2.45) is 5.92 Å². The Kier molecular flexibility index (Phi) is 5.06. The average Bonchev–Trinajstić information content (AvgIpc) is 3.20. The van der Waals surface area contributed by atoms with E-state index in [-0.39, 0.29) is 0 Å². The van der Waals surface area contributed by atoms with Gasteiger partial charge in [0.2, 0.25) is 0 Å². The van der Waals surface area contributed by atoms with Crippen LogP contribution in [0.25, 0.3) is 10.6 Å². The van der Waals surface area contributed by atoms with E-state index in [4.69, 9.17) is 0 Å². The van der Waals surface area contributed by atoms with E-state index in [0.717, 1.165) is 18.8 Å². The fraction of sp³-hybridized carbons (Fsp3) is 0.562. The fourth-order valence-electron chi connectivity index (χ4n) is 3.00. The first-order valence-electron chi connectivity index (χ1n) is 7.82. The Morgan fingerprint density at radius 1 is 1.43 bits per heavy atom. The molecule has 0 saturated carbocycles. The SMILES string of the molecule is C[C@@H](CNCc1cn[nH]c1-c1cccs1)CN1CCCC1. The highest BCUT2D eigenvalue weighted by molar-refractivity contribution is 7.13.